The van der Waals surface area contributed by atoms with E-state index in [1.807, 2.05) is 37.3 Å². The summed E-state index contributed by atoms with van der Waals surface area (Å²) in [5.41, 5.74) is 3.88. The Kier molecular flexibility index (Phi) is 2.42. The number of H-pyrrole nitrogens is 1. The summed E-state index contributed by atoms with van der Waals surface area (Å²) in [7, 11) is 0. The number of aromatic amines is 1. The molecule has 4 rings (SSSR count). The largest absolute Gasteiger partial charge is 0.362 e. The smallest absolute Gasteiger partial charge is 0.264 e. The van der Waals surface area contributed by atoms with Crippen LogP contribution in [0.4, 0.5) is 0 Å². The summed E-state index contributed by atoms with van der Waals surface area (Å²) in [5, 5.41) is 0. The van der Waals surface area contributed by atoms with Crippen LogP contribution in [-0.2, 0) is 6.42 Å². The molecule has 2 aromatic rings. The molecule has 0 bridgehead atoms. The van der Waals surface area contributed by atoms with Crippen molar-refractivity contribution in [2.24, 2.45) is 0 Å². The molecule has 21 heavy (non-hydrogen) atoms. The molecule has 0 saturated carbocycles. The molecule has 1 aromatic heterocycles. The number of amides is 1. The summed E-state index contributed by atoms with van der Waals surface area (Å²) in [4.78, 5) is 29.6. The number of pyridine rings is 1. The molecule has 4 heteroatoms. The standard InChI is InChI=1S/C17H14N2O2/c1-10-8-15(20)16-13(18-10)9-14-12-5-3-2-4-11(12)6-7-19(14)17(16)21/h2-8,14H,9H2,1H3,(H,18,20). The Labute approximate surface area is 121 Å². The van der Waals surface area contributed by atoms with Gasteiger partial charge in [-0.1, -0.05) is 24.3 Å². The first-order valence-electron chi connectivity index (χ1n) is 6.98. The zero-order valence-electron chi connectivity index (χ0n) is 11.6. The lowest BCUT2D eigenvalue weighted by molar-refractivity contribution is 0.0739. The summed E-state index contributed by atoms with van der Waals surface area (Å²) < 4.78 is 0. The Hall–Kier alpha value is -2.62. The average molecular weight is 278 g/mol. The number of aryl methyl sites for hydroxylation is 1. The monoisotopic (exact) mass is 278 g/mol. The summed E-state index contributed by atoms with van der Waals surface area (Å²) >= 11 is 0. The fourth-order valence-electron chi connectivity index (χ4n) is 3.26. The summed E-state index contributed by atoms with van der Waals surface area (Å²) in [6.45, 7) is 1.84. The van der Waals surface area contributed by atoms with Gasteiger partial charge in [0.2, 0.25) is 0 Å². The minimum atomic E-state index is -0.215. The van der Waals surface area contributed by atoms with Crippen LogP contribution < -0.4 is 5.43 Å². The molecule has 1 aromatic carbocycles. The first kappa shape index (κ1) is 12.1. The Morgan fingerprint density at radius 3 is 2.90 bits per heavy atom. The summed E-state index contributed by atoms with van der Waals surface area (Å²) in [5.74, 6) is -0.215. The third-order valence-electron chi connectivity index (χ3n) is 4.20. The van der Waals surface area contributed by atoms with Gasteiger partial charge in [-0.15, -0.1) is 0 Å². The highest BCUT2D eigenvalue weighted by molar-refractivity contribution is 5.98. The topological polar surface area (TPSA) is 53.2 Å². The lowest BCUT2D eigenvalue weighted by Crippen LogP contribution is -2.41. The van der Waals surface area contributed by atoms with Gasteiger partial charge in [0.1, 0.15) is 5.56 Å². The van der Waals surface area contributed by atoms with Gasteiger partial charge >= 0.3 is 0 Å². The van der Waals surface area contributed by atoms with Gasteiger partial charge in [-0.3, -0.25) is 9.59 Å². The molecule has 0 aliphatic carbocycles. The quantitative estimate of drug-likeness (QED) is 0.804. The molecule has 1 atom stereocenters. The molecule has 3 heterocycles. The zero-order chi connectivity index (χ0) is 14.6. The van der Waals surface area contributed by atoms with Crippen LogP contribution in [0.1, 0.15) is 38.9 Å². The van der Waals surface area contributed by atoms with E-state index in [1.165, 1.54) is 6.07 Å². The maximum atomic E-state index is 12.6. The van der Waals surface area contributed by atoms with E-state index in [2.05, 4.69) is 4.98 Å². The number of nitrogens with one attached hydrogen (secondary N) is 1. The van der Waals surface area contributed by atoms with E-state index >= 15 is 0 Å². The van der Waals surface area contributed by atoms with E-state index in [-0.39, 0.29) is 22.9 Å². The van der Waals surface area contributed by atoms with Crippen LogP contribution in [0, 0.1) is 6.92 Å². The van der Waals surface area contributed by atoms with Gasteiger partial charge in [0, 0.05) is 30.1 Å². The molecule has 1 amide bonds. The SMILES string of the molecule is Cc1cc(=O)c2c([nH]1)CC1c3ccccc3C=CN1C2=O. The van der Waals surface area contributed by atoms with Crippen molar-refractivity contribution < 1.29 is 4.79 Å². The Morgan fingerprint density at radius 2 is 2.05 bits per heavy atom. The molecule has 4 nitrogen and oxygen atoms in total. The molecule has 0 radical (unpaired) electrons. The van der Waals surface area contributed by atoms with E-state index in [0.29, 0.717) is 6.42 Å². The summed E-state index contributed by atoms with van der Waals surface area (Å²) in [6.07, 6.45) is 4.36. The van der Waals surface area contributed by atoms with E-state index in [4.69, 9.17) is 0 Å². The second kappa shape index (κ2) is 4.19. The fourth-order valence-corrected chi connectivity index (χ4v) is 3.26. The number of rotatable bonds is 0. The van der Waals surface area contributed by atoms with Crippen molar-refractivity contribution in [1.29, 1.82) is 0 Å². The number of nitrogens with zero attached hydrogens (tertiary/aromatic N) is 1. The van der Waals surface area contributed by atoms with Crippen molar-refractivity contribution in [3.63, 3.8) is 0 Å². The molecule has 1 unspecified atom stereocenters. The summed E-state index contributed by atoms with van der Waals surface area (Å²) in [6, 6.07) is 9.51. The maximum Gasteiger partial charge on any atom is 0.264 e. The van der Waals surface area contributed by atoms with Crippen molar-refractivity contribution in [2.45, 2.75) is 19.4 Å². The number of benzene rings is 1. The number of hydrogen-bond acceptors (Lipinski definition) is 2. The van der Waals surface area contributed by atoms with Crippen molar-refractivity contribution in [3.05, 3.63) is 74.8 Å². The molecule has 104 valence electrons. The average Bonchev–Trinajstić information content (AvgIpc) is 2.46. The van der Waals surface area contributed by atoms with Crippen LogP contribution in [0.15, 0.2) is 41.3 Å². The minimum absolute atomic E-state index is 0.0383. The first-order chi connectivity index (χ1) is 10.1. The fraction of sp³-hybridized carbons (Fsp3) is 0.176. The van der Waals surface area contributed by atoms with Crippen molar-refractivity contribution in [1.82, 2.24) is 9.88 Å². The lowest BCUT2D eigenvalue weighted by atomic mass is 9.88. The van der Waals surface area contributed by atoms with Crippen LogP contribution in [0.25, 0.3) is 6.08 Å². The molecule has 0 saturated heterocycles. The van der Waals surface area contributed by atoms with Crippen molar-refractivity contribution >= 4 is 12.0 Å². The first-order valence-corrected chi connectivity index (χ1v) is 6.98. The second-order valence-electron chi connectivity index (χ2n) is 5.55. The van der Waals surface area contributed by atoms with E-state index < -0.39 is 0 Å². The van der Waals surface area contributed by atoms with Gasteiger partial charge in [0.25, 0.3) is 5.91 Å². The van der Waals surface area contributed by atoms with E-state index in [0.717, 1.165) is 22.5 Å². The van der Waals surface area contributed by atoms with Gasteiger partial charge in [0.15, 0.2) is 5.43 Å². The minimum Gasteiger partial charge on any atom is -0.362 e. The number of aromatic nitrogens is 1. The third-order valence-corrected chi connectivity index (χ3v) is 4.20. The predicted octanol–water partition coefficient (Wildman–Crippen LogP) is 2.41. The van der Waals surface area contributed by atoms with E-state index in [1.54, 1.807) is 11.1 Å². The molecular weight excluding hydrogens is 264 g/mol. The lowest BCUT2D eigenvalue weighted by Gasteiger charge is -2.37. The maximum absolute atomic E-state index is 12.6. The molecular formula is C17H14N2O2. The van der Waals surface area contributed by atoms with Gasteiger partial charge in [-0.05, 0) is 24.1 Å². The molecule has 0 fully saturated rings. The van der Waals surface area contributed by atoms with Gasteiger partial charge < -0.3 is 9.88 Å². The molecule has 2 aliphatic rings. The second-order valence-corrected chi connectivity index (χ2v) is 5.55. The van der Waals surface area contributed by atoms with Gasteiger partial charge in [-0.2, -0.15) is 0 Å². The molecule has 0 spiro atoms. The zero-order valence-corrected chi connectivity index (χ0v) is 11.6. The number of fused-ring (bicyclic) bond motifs is 4. The van der Waals surface area contributed by atoms with Gasteiger partial charge in [0.05, 0.1) is 6.04 Å². The van der Waals surface area contributed by atoms with Crippen molar-refractivity contribution in [2.75, 3.05) is 0 Å². The van der Waals surface area contributed by atoms with Crippen LogP contribution in [0.5, 0.6) is 0 Å². The molecule has 1 N–H and O–H groups in total. The highest BCUT2D eigenvalue weighted by Crippen LogP contribution is 2.36. The molecule has 2 aliphatic heterocycles. The van der Waals surface area contributed by atoms with Crippen LogP contribution in [-0.4, -0.2) is 15.8 Å². The van der Waals surface area contributed by atoms with E-state index in [9.17, 15) is 9.59 Å². The number of hydrogen-bond donors (Lipinski definition) is 1. The normalized spacial score (nSPS) is 19.0. The Bertz CT molecular complexity index is 848. The number of carbonyl (C=O) groups is 1. The van der Waals surface area contributed by atoms with Crippen LogP contribution in [0.3, 0.4) is 0 Å². The predicted molar refractivity (Wildman–Crippen MR) is 79.9 cm³/mol. The third kappa shape index (κ3) is 1.69. The van der Waals surface area contributed by atoms with Crippen molar-refractivity contribution in [3.8, 4) is 0 Å². The Morgan fingerprint density at radius 1 is 1.24 bits per heavy atom. The van der Waals surface area contributed by atoms with Crippen LogP contribution >= 0.6 is 0 Å². The van der Waals surface area contributed by atoms with Gasteiger partial charge in [-0.25, -0.2) is 0 Å². The van der Waals surface area contributed by atoms with Crippen LogP contribution in [0.2, 0.25) is 0 Å². The number of carbonyl (C=O) groups excluding carboxylic acids is 1. The highest BCUT2D eigenvalue weighted by atomic mass is 16.2. The Balaban J connectivity index is 1.92. The highest BCUT2D eigenvalue weighted by Gasteiger charge is 2.36.